The van der Waals surface area contributed by atoms with E-state index in [1.54, 1.807) is 13.8 Å². The molecule has 1 saturated heterocycles. The highest BCUT2D eigenvalue weighted by atomic mass is 16.5. The van der Waals surface area contributed by atoms with Gasteiger partial charge in [0, 0.05) is 13.8 Å². The summed E-state index contributed by atoms with van der Waals surface area (Å²) in [5, 5.41) is 26.0. The molecule has 1 aromatic rings. The van der Waals surface area contributed by atoms with E-state index in [1.165, 1.54) is 4.57 Å². The molecule has 142 valence electrons. The second-order valence-electron chi connectivity index (χ2n) is 6.82. The largest absolute Gasteiger partial charge is 0.711 e. The number of imide groups is 2. The first-order valence-electron chi connectivity index (χ1n) is 8.21. The molecule has 3 N–H and O–H groups in total. The number of urea groups is 1. The van der Waals surface area contributed by atoms with Crippen molar-refractivity contribution in [2.45, 2.75) is 46.6 Å². The normalized spacial score (nSPS) is 16.6. The quantitative estimate of drug-likeness (QED) is 0.365. The van der Waals surface area contributed by atoms with Crippen LogP contribution in [-0.2, 0) is 20.9 Å². The van der Waals surface area contributed by atoms with Gasteiger partial charge in [0.2, 0.25) is 11.8 Å². The van der Waals surface area contributed by atoms with E-state index in [-0.39, 0.29) is 18.2 Å². The molecule has 1 atom stereocenters. The van der Waals surface area contributed by atoms with E-state index in [9.17, 15) is 29.5 Å². The van der Waals surface area contributed by atoms with Gasteiger partial charge >= 0.3 is 12.0 Å². The van der Waals surface area contributed by atoms with E-state index in [0.717, 1.165) is 0 Å². The van der Waals surface area contributed by atoms with E-state index in [0.29, 0.717) is 16.1 Å². The number of carbonyl (C=O) groups excluding carboxylic acids is 3. The summed E-state index contributed by atoms with van der Waals surface area (Å²) < 4.78 is 1.89. The smallest absolute Gasteiger partial charge is 0.346 e. The Bertz CT molecular complexity index is 762. The average Bonchev–Trinajstić information content (AvgIpc) is 2.69. The van der Waals surface area contributed by atoms with Crippen molar-refractivity contribution in [3.63, 3.8) is 0 Å². The molecule has 0 spiro atoms. The number of aliphatic carboxylic acids is 1. The number of carboxylic acids is 1. The minimum Gasteiger partial charge on any atom is -0.711 e. The van der Waals surface area contributed by atoms with Crippen LogP contribution in [0.15, 0.2) is 0 Å². The topological polar surface area (TPSA) is 144 Å². The van der Waals surface area contributed by atoms with Crippen molar-refractivity contribution in [3.05, 3.63) is 22.4 Å². The van der Waals surface area contributed by atoms with Gasteiger partial charge in [-0.1, -0.05) is 13.8 Å². The summed E-state index contributed by atoms with van der Waals surface area (Å²) in [7, 11) is 0. The Morgan fingerprint density at radius 2 is 1.77 bits per heavy atom. The summed E-state index contributed by atoms with van der Waals surface area (Å²) in [5.41, 5.74) is 0.738. The van der Waals surface area contributed by atoms with Gasteiger partial charge in [0.05, 0.1) is 5.92 Å². The van der Waals surface area contributed by atoms with Crippen LogP contribution in [0.1, 0.15) is 43.4 Å². The summed E-state index contributed by atoms with van der Waals surface area (Å²) in [6.45, 7) is 6.39. The molecule has 0 saturated carbocycles. The van der Waals surface area contributed by atoms with Crippen LogP contribution < -0.4 is 15.4 Å². The summed E-state index contributed by atoms with van der Waals surface area (Å²) in [5.74, 6) is -4.91. The van der Waals surface area contributed by atoms with Crippen molar-refractivity contribution in [3.8, 4) is 0 Å². The lowest BCUT2D eigenvalue weighted by atomic mass is 9.82. The fourth-order valence-corrected chi connectivity index (χ4v) is 3.27. The standard InChI is InChI=1S/C16H22N4O6/c1-7(2)5-10(12-13(23)17-16(25)18-14(12)24)15-19(6-11(21)22)8(3)9(4)20(15)26/h7,10,12H,5-6H2,1-4H3,(H,21,22)(H2,17,18,23,24,25)/t10-/m1/s1. The first-order chi connectivity index (χ1) is 12.0. The Balaban J connectivity index is 2.63. The molecule has 0 bridgehead atoms. The number of aromatic nitrogens is 2. The zero-order chi connectivity index (χ0) is 19.8. The van der Waals surface area contributed by atoms with Gasteiger partial charge in [0.1, 0.15) is 17.3 Å². The van der Waals surface area contributed by atoms with Gasteiger partial charge in [-0.15, -0.1) is 0 Å². The molecule has 2 rings (SSSR count). The van der Waals surface area contributed by atoms with Crippen LogP contribution in [0.5, 0.6) is 0 Å². The van der Waals surface area contributed by atoms with Crippen LogP contribution in [-0.4, -0.2) is 33.5 Å². The maximum Gasteiger partial charge on any atom is 0.346 e. The molecular formula is C16H22N4O6. The van der Waals surface area contributed by atoms with Crippen molar-refractivity contribution < 1.29 is 29.0 Å². The highest BCUT2D eigenvalue weighted by Gasteiger charge is 2.46. The van der Waals surface area contributed by atoms with Crippen LogP contribution in [0.2, 0.25) is 0 Å². The fraction of sp³-hybridized carbons (Fsp3) is 0.562. The summed E-state index contributed by atoms with van der Waals surface area (Å²) in [6, 6.07) is -0.914. The first-order valence-corrected chi connectivity index (χ1v) is 8.21. The Hall–Kier alpha value is -2.91. The molecule has 4 amide bonds. The molecule has 2 heterocycles. The third-order valence-electron chi connectivity index (χ3n) is 4.51. The molecule has 0 unspecified atom stereocenters. The Morgan fingerprint density at radius 3 is 2.23 bits per heavy atom. The van der Waals surface area contributed by atoms with Gasteiger partial charge in [-0.3, -0.25) is 20.2 Å². The number of hydrogen-bond acceptors (Lipinski definition) is 5. The van der Waals surface area contributed by atoms with Crippen LogP contribution in [0.4, 0.5) is 4.79 Å². The molecular weight excluding hydrogens is 344 g/mol. The number of rotatable bonds is 6. The lowest BCUT2D eigenvalue weighted by Gasteiger charge is -2.28. The second-order valence-corrected chi connectivity index (χ2v) is 6.82. The number of amides is 4. The molecule has 0 aromatic carbocycles. The van der Waals surface area contributed by atoms with Crippen molar-refractivity contribution in [1.29, 1.82) is 0 Å². The van der Waals surface area contributed by atoms with E-state index >= 15 is 0 Å². The maximum absolute atomic E-state index is 12.7. The monoisotopic (exact) mass is 366 g/mol. The van der Waals surface area contributed by atoms with Crippen molar-refractivity contribution in [1.82, 2.24) is 15.2 Å². The predicted molar refractivity (Wildman–Crippen MR) is 87.9 cm³/mol. The number of carbonyl (C=O) groups is 4. The third-order valence-corrected chi connectivity index (χ3v) is 4.51. The SMILES string of the molecule is Cc1c(C)[n+]([O-])c([C@H](CC(C)C)C2C(=O)NC(=O)NC2=O)n1CC(=O)O. The molecule has 1 aliphatic rings. The number of imidazole rings is 1. The van der Waals surface area contributed by atoms with Gasteiger partial charge in [0.15, 0.2) is 6.54 Å². The minimum atomic E-state index is -1.31. The van der Waals surface area contributed by atoms with Crippen molar-refractivity contribution >= 4 is 23.8 Å². The summed E-state index contributed by atoms with van der Waals surface area (Å²) >= 11 is 0. The van der Waals surface area contributed by atoms with Crippen LogP contribution >= 0.6 is 0 Å². The second kappa shape index (κ2) is 7.14. The number of nitrogens with one attached hydrogen (secondary N) is 2. The van der Waals surface area contributed by atoms with Gasteiger partial charge in [-0.2, -0.15) is 0 Å². The number of nitrogens with zero attached hydrogens (tertiary/aromatic N) is 2. The summed E-state index contributed by atoms with van der Waals surface area (Å²) in [4.78, 5) is 47.2. The molecule has 0 aliphatic carbocycles. The zero-order valence-corrected chi connectivity index (χ0v) is 15.0. The van der Waals surface area contributed by atoms with E-state index in [2.05, 4.69) is 0 Å². The Labute approximate surface area is 149 Å². The fourth-order valence-electron chi connectivity index (χ4n) is 3.27. The molecule has 10 heteroatoms. The Kier molecular flexibility index (Phi) is 5.33. The molecule has 26 heavy (non-hydrogen) atoms. The molecule has 0 radical (unpaired) electrons. The van der Waals surface area contributed by atoms with Crippen LogP contribution in [0.3, 0.4) is 0 Å². The first kappa shape index (κ1) is 19.4. The highest BCUT2D eigenvalue weighted by Crippen LogP contribution is 2.32. The highest BCUT2D eigenvalue weighted by molar-refractivity contribution is 6.16. The average molecular weight is 366 g/mol. The maximum atomic E-state index is 12.7. The van der Waals surface area contributed by atoms with E-state index < -0.39 is 42.2 Å². The third kappa shape index (κ3) is 3.53. The molecule has 1 fully saturated rings. The number of hydrogen-bond donors (Lipinski definition) is 3. The minimum absolute atomic E-state index is 0.00650. The lowest BCUT2D eigenvalue weighted by Crippen LogP contribution is -2.58. The number of carboxylic acid groups (broad SMARTS) is 1. The predicted octanol–water partition coefficient (Wildman–Crippen LogP) is -0.0652. The summed E-state index contributed by atoms with van der Waals surface area (Å²) in [6.07, 6.45) is 0.282. The van der Waals surface area contributed by atoms with Gasteiger partial charge in [0.25, 0.3) is 5.82 Å². The molecule has 1 aromatic heterocycles. The van der Waals surface area contributed by atoms with Crippen molar-refractivity contribution in [2.24, 2.45) is 11.8 Å². The van der Waals surface area contributed by atoms with Gasteiger partial charge < -0.3 is 10.3 Å². The lowest BCUT2D eigenvalue weighted by molar-refractivity contribution is -0.622. The molecule has 1 aliphatic heterocycles. The number of barbiturate groups is 1. The Morgan fingerprint density at radius 1 is 1.23 bits per heavy atom. The zero-order valence-electron chi connectivity index (χ0n) is 15.0. The van der Waals surface area contributed by atoms with E-state index in [4.69, 9.17) is 0 Å². The molecule has 10 nitrogen and oxygen atoms in total. The van der Waals surface area contributed by atoms with Crippen LogP contribution in [0, 0.1) is 30.9 Å². The van der Waals surface area contributed by atoms with Crippen molar-refractivity contribution in [2.75, 3.05) is 0 Å². The van der Waals surface area contributed by atoms with E-state index in [1.807, 2.05) is 24.5 Å². The van der Waals surface area contributed by atoms with Gasteiger partial charge in [-0.05, 0) is 12.3 Å². The van der Waals surface area contributed by atoms with Gasteiger partial charge in [-0.25, -0.2) is 18.9 Å². The van der Waals surface area contributed by atoms with Crippen LogP contribution in [0.25, 0.3) is 0 Å².